The van der Waals surface area contributed by atoms with Gasteiger partial charge in [0.15, 0.2) is 5.69 Å². The molecule has 1 aliphatic heterocycles. The van der Waals surface area contributed by atoms with Crippen LogP contribution in [0.3, 0.4) is 0 Å². The zero-order chi connectivity index (χ0) is 16.0. The maximum atomic E-state index is 12.9. The largest absolute Gasteiger partial charge is 0.292 e. The zero-order valence-electron chi connectivity index (χ0n) is 12.5. The van der Waals surface area contributed by atoms with E-state index in [1.54, 1.807) is 15.7 Å². The molecule has 0 fully saturated rings. The van der Waals surface area contributed by atoms with Gasteiger partial charge in [0.25, 0.3) is 5.91 Å². The molecule has 0 aromatic carbocycles. The standard InChI is InChI=1S/C16H14BrN5O/c1-20-15-4-6-18-9-11(15)5-7-22(20)16(23)14-8-13-3-2-12(17)10-21(13)19-14/h2-4,6,8-10H,5,7H2,1H3. The molecule has 3 aromatic heterocycles. The number of rotatable bonds is 1. The Kier molecular flexibility index (Phi) is 3.30. The van der Waals surface area contributed by atoms with Crippen molar-refractivity contribution in [1.29, 1.82) is 0 Å². The summed E-state index contributed by atoms with van der Waals surface area (Å²) in [6.45, 7) is 0.617. The summed E-state index contributed by atoms with van der Waals surface area (Å²) in [6.07, 6.45) is 6.23. The first-order valence-electron chi connectivity index (χ1n) is 7.27. The average Bonchev–Trinajstić information content (AvgIpc) is 2.98. The number of carbonyl (C=O) groups is 1. The SMILES string of the molecule is CN1c2ccncc2CCN1C(=O)c1cc2ccc(Br)cn2n1. The summed E-state index contributed by atoms with van der Waals surface area (Å²) >= 11 is 3.41. The summed E-state index contributed by atoms with van der Waals surface area (Å²) in [5.41, 5.74) is 3.48. The van der Waals surface area contributed by atoms with Gasteiger partial charge < -0.3 is 0 Å². The van der Waals surface area contributed by atoms with Crippen LogP contribution in [0.2, 0.25) is 0 Å². The number of carbonyl (C=O) groups excluding carboxylic acids is 1. The van der Waals surface area contributed by atoms with Gasteiger partial charge in [-0.3, -0.25) is 14.8 Å². The second-order valence-corrected chi connectivity index (χ2v) is 6.37. The second-order valence-electron chi connectivity index (χ2n) is 5.45. The molecule has 0 saturated heterocycles. The lowest BCUT2D eigenvalue weighted by Gasteiger charge is -2.38. The Balaban J connectivity index is 1.68. The van der Waals surface area contributed by atoms with Crippen LogP contribution in [0.15, 0.2) is 47.3 Å². The minimum absolute atomic E-state index is 0.102. The van der Waals surface area contributed by atoms with Crippen molar-refractivity contribution in [3.05, 3.63) is 58.6 Å². The van der Waals surface area contributed by atoms with E-state index in [9.17, 15) is 4.79 Å². The van der Waals surface area contributed by atoms with E-state index in [2.05, 4.69) is 26.0 Å². The smallest absolute Gasteiger partial charge is 0.285 e. The van der Waals surface area contributed by atoms with Gasteiger partial charge in [-0.25, -0.2) is 9.52 Å². The van der Waals surface area contributed by atoms with Gasteiger partial charge in [0, 0.05) is 36.7 Å². The molecule has 0 spiro atoms. The molecule has 0 saturated carbocycles. The quantitative estimate of drug-likeness (QED) is 0.659. The monoisotopic (exact) mass is 371 g/mol. The molecule has 0 unspecified atom stereocenters. The van der Waals surface area contributed by atoms with Gasteiger partial charge >= 0.3 is 0 Å². The van der Waals surface area contributed by atoms with Crippen molar-refractivity contribution >= 4 is 33.0 Å². The molecule has 1 amide bonds. The molecule has 4 rings (SSSR count). The first-order chi connectivity index (χ1) is 11.1. The number of aromatic nitrogens is 3. The average molecular weight is 372 g/mol. The molecule has 0 radical (unpaired) electrons. The van der Waals surface area contributed by atoms with Crippen LogP contribution in [0.25, 0.3) is 5.52 Å². The number of nitrogens with zero attached hydrogens (tertiary/aromatic N) is 5. The maximum Gasteiger partial charge on any atom is 0.292 e. The number of fused-ring (bicyclic) bond motifs is 2. The second kappa shape index (κ2) is 5.34. The minimum Gasteiger partial charge on any atom is -0.285 e. The summed E-state index contributed by atoms with van der Waals surface area (Å²) < 4.78 is 2.63. The van der Waals surface area contributed by atoms with Crippen molar-refractivity contribution < 1.29 is 4.79 Å². The van der Waals surface area contributed by atoms with Crippen LogP contribution < -0.4 is 5.01 Å². The van der Waals surface area contributed by atoms with Crippen molar-refractivity contribution in [1.82, 2.24) is 19.6 Å². The van der Waals surface area contributed by atoms with Crippen molar-refractivity contribution in [3.8, 4) is 0 Å². The van der Waals surface area contributed by atoms with Crippen LogP contribution >= 0.6 is 15.9 Å². The predicted octanol–water partition coefficient (Wildman–Crippen LogP) is 2.54. The lowest BCUT2D eigenvalue weighted by atomic mass is 10.1. The molecule has 4 heterocycles. The Labute approximate surface area is 141 Å². The van der Waals surface area contributed by atoms with Crippen LogP contribution in [0.1, 0.15) is 16.1 Å². The summed E-state index contributed by atoms with van der Waals surface area (Å²) in [7, 11) is 1.89. The lowest BCUT2D eigenvalue weighted by Crippen LogP contribution is -2.48. The molecule has 3 aromatic rings. The van der Waals surface area contributed by atoms with Crippen LogP contribution in [0.4, 0.5) is 5.69 Å². The van der Waals surface area contributed by atoms with Crippen molar-refractivity contribution in [2.75, 3.05) is 18.6 Å². The summed E-state index contributed by atoms with van der Waals surface area (Å²) in [5.74, 6) is -0.102. The molecule has 0 bridgehead atoms. The van der Waals surface area contributed by atoms with E-state index in [-0.39, 0.29) is 5.91 Å². The van der Waals surface area contributed by atoms with Crippen LogP contribution in [0, 0.1) is 0 Å². The van der Waals surface area contributed by atoms with Crippen LogP contribution in [-0.2, 0) is 6.42 Å². The van der Waals surface area contributed by atoms with Crippen LogP contribution in [-0.4, -0.2) is 39.1 Å². The van der Waals surface area contributed by atoms with Crippen molar-refractivity contribution in [2.24, 2.45) is 0 Å². The van der Waals surface area contributed by atoms with Gasteiger partial charge in [-0.05, 0) is 52.2 Å². The van der Waals surface area contributed by atoms with Gasteiger partial charge in [-0.15, -0.1) is 0 Å². The van der Waals surface area contributed by atoms with E-state index in [1.165, 1.54) is 0 Å². The fourth-order valence-corrected chi connectivity index (χ4v) is 3.20. The molecule has 7 heteroatoms. The number of hydrazine groups is 1. The topological polar surface area (TPSA) is 53.7 Å². The minimum atomic E-state index is -0.102. The van der Waals surface area contributed by atoms with Gasteiger partial charge in [0.2, 0.25) is 0 Å². The highest BCUT2D eigenvalue weighted by atomic mass is 79.9. The highest BCUT2D eigenvalue weighted by Gasteiger charge is 2.27. The highest BCUT2D eigenvalue weighted by molar-refractivity contribution is 9.10. The number of hydrogen-bond donors (Lipinski definition) is 0. The molecular formula is C16H14BrN5O. The number of pyridine rings is 2. The Morgan fingerprint density at radius 2 is 2.17 bits per heavy atom. The zero-order valence-corrected chi connectivity index (χ0v) is 14.1. The first kappa shape index (κ1) is 14.2. The van der Waals surface area contributed by atoms with Gasteiger partial charge in [0.1, 0.15) is 0 Å². The van der Waals surface area contributed by atoms with Gasteiger partial charge in [-0.1, -0.05) is 0 Å². The molecule has 0 atom stereocenters. The van der Waals surface area contributed by atoms with Crippen LogP contribution in [0.5, 0.6) is 0 Å². The van der Waals surface area contributed by atoms with E-state index in [4.69, 9.17) is 0 Å². The van der Waals surface area contributed by atoms with Crippen molar-refractivity contribution in [2.45, 2.75) is 6.42 Å². The first-order valence-corrected chi connectivity index (χ1v) is 8.06. The van der Waals surface area contributed by atoms with E-state index < -0.39 is 0 Å². The normalized spacial score (nSPS) is 14.2. The van der Waals surface area contributed by atoms with E-state index in [1.807, 2.05) is 48.7 Å². The summed E-state index contributed by atoms with van der Waals surface area (Å²) in [6, 6.07) is 7.59. The molecule has 23 heavy (non-hydrogen) atoms. The van der Waals surface area contributed by atoms with Gasteiger partial charge in [-0.2, -0.15) is 5.10 Å². The summed E-state index contributed by atoms with van der Waals surface area (Å²) in [5, 5.41) is 7.99. The van der Waals surface area contributed by atoms with Crippen molar-refractivity contribution in [3.63, 3.8) is 0 Å². The molecule has 0 N–H and O–H groups in total. The Morgan fingerprint density at radius 1 is 1.30 bits per heavy atom. The Morgan fingerprint density at radius 3 is 3.04 bits per heavy atom. The molecule has 0 aliphatic carbocycles. The van der Waals surface area contributed by atoms with E-state index in [0.717, 1.165) is 27.7 Å². The number of hydrogen-bond acceptors (Lipinski definition) is 4. The molecule has 116 valence electrons. The number of anilines is 1. The number of halogens is 1. The third-order valence-corrected chi connectivity index (χ3v) is 4.53. The highest BCUT2D eigenvalue weighted by Crippen LogP contribution is 2.26. The van der Waals surface area contributed by atoms with E-state index >= 15 is 0 Å². The van der Waals surface area contributed by atoms with E-state index in [0.29, 0.717) is 12.2 Å². The third-order valence-electron chi connectivity index (χ3n) is 4.06. The third kappa shape index (κ3) is 2.37. The maximum absolute atomic E-state index is 12.9. The Bertz CT molecular complexity index is 906. The molecular weight excluding hydrogens is 358 g/mol. The fourth-order valence-electron chi connectivity index (χ4n) is 2.87. The Hall–Kier alpha value is -2.41. The fraction of sp³-hybridized carbons (Fsp3) is 0.188. The number of amides is 1. The summed E-state index contributed by atoms with van der Waals surface area (Å²) in [4.78, 5) is 17.0. The molecule has 6 nitrogen and oxygen atoms in total. The molecule has 1 aliphatic rings. The lowest BCUT2D eigenvalue weighted by molar-refractivity contribution is 0.0732. The predicted molar refractivity (Wildman–Crippen MR) is 90.3 cm³/mol. The van der Waals surface area contributed by atoms with Gasteiger partial charge in [0.05, 0.1) is 11.2 Å².